The van der Waals surface area contributed by atoms with Crippen molar-refractivity contribution >= 4 is 11.8 Å². The fourth-order valence-corrected chi connectivity index (χ4v) is 2.45. The standard InChI is InChI=1S/C17H20N4O4/c1-2-13(11-6-4-3-5-7-11)19-14(22)8-9-21-10-12(15(18)23)16(24)20-17(21)25/h3-7,10,13H,2,8-9H2,1H3,(H2,18,23)(H,19,22)(H,20,24,25). The Morgan fingerprint density at radius 2 is 1.92 bits per heavy atom. The number of rotatable bonds is 7. The minimum absolute atomic E-state index is 0.0208. The van der Waals surface area contributed by atoms with Gasteiger partial charge in [-0.2, -0.15) is 0 Å². The average Bonchev–Trinajstić information content (AvgIpc) is 2.59. The molecule has 0 fully saturated rings. The van der Waals surface area contributed by atoms with Crippen molar-refractivity contribution in [1.29, 1.82) is 0 Å². The molecule has 0 aliphatic heterocycles. The van der Waals surface area contributed by atoms with Crippen molar-refractivity contribution in [3.63, 3.8) is 0 Å². The number of nitrogens with zero attached hydrogens (tertiary/aromatic N) is 1. The summed E-state index contributed by atoms with van der Waals surface area (Å²) >= 11 is 0. The third-order valence-corrected chi connectivity index (χ3v) is 3.80. The van der Waals surface area contributed by atoms with E-state index in [9.17, 15) is 19.2 Å². The first kappa shape index (κ1) is 18.2. The van der Waals surface area contributed by atoms with Crippen LogP contribution < -0.4 is 22.3 Å². The Balaban J connectivity index is 2.05. The number of aromatic amines is 1. The highest BCUT2D eigenvalue weighted by Crippen LogP contribution is 2.15. The number of nitrogens with one attached hydrogen (secondary N) is 2. The van der Waals surface area contributed by atoms with Crippen molar-refractivity contribution in [2.75, 3.05) is 0 Å². The highest BCUT2D eigenvalue weighted by Gasteiger charge is 2.14. The van der Waals surface area contributed by atoms with Crippen molar-refractivity contribution < 1.29 is 9.59 Å². The summed E-state index contributed by atoms with van der Waals surface area (Å²) in [4.78, 5) is 48.6. The molecule has 1 aromatic carbocycles. The number of aryl methyl sites for hydroxylation is 1. The van der Waals surface area contributed by atoms with E-state index in [1.54, 1.807) is 0 Å². The second-order valence-electron chi connectivity index (χ2n) is 5.55. The molecular formula is C17H20N4O4. The summed E-state index contributed by atoms with van der Waals surface area (Å²) in [6, 6.07) is 9.43. The van der Waals surface area contributed by atoms with E-state index in [-0.39, 0.29) is 30.5 Å². The predicted octanol–water partition coefficient (Wildman–Crippen LogP) is 0.293. The lowest BCUT2D eigenvalue weighted by Gasteiger charge is -2.17. The number of aromatic nitrogens is 2. The van der Waals surface area contributed by atoms with Gasteiger partial charge in [0.15, 0.2) is 0 Å². The molecule has 0 aliphatic carbocycles. The van der Waals surface area contributed by atoms with Gasteiger partial charge in [0.25, 0.3) is 11.5 Å². The minimum Gasteiger partial charge on any atom is -0.365 e. The van der Waals surface area contributed by atoms with Gasteiger partial charge in [-0.3, -0.25) is 23.9 Å². The highest BCUT2D eigenvalue weighted by molar-refractivity contribution is 5.91. The SMILES string of the molecule is CCC(NC(=O)CCn1cc(C(N)=O)c(=O)[nH]c1=O)c1ccccc1. The van der Waals surface area contributed by atoms with E-state index in [1.807, 2.05) is 42.2 Å². The molecular weight excluding hydrogens is 324 g/mol. The summed E-state index contributed by atoms with van der Waals surface area (Å²) in [5.41, 5.74) is 4.22. The molecule has 1 unspecified atom stereocenters. The van der Waals surface area contributed by atoms with Crippen LogP contribution in [0.2, 0.25) is 0 Å². The molecule has 0 saturated heterocycles. The number of hydrogen-bond acceptors (Lipinski definition) is 4. The van der Waals surface area contributed by atoms with E-state index in [0.29, 0.717) is 0 Å². The largest absolute Gasteiger partial charge is 0.365 e. The summed E-state index contributed by atoms with van der Waals surface area (Å²) < 4.78 is 1.09. The van der Waals surface area contributed by atoms with Gasteiger partial charge in [0.05, 0.1) is 6.04 Å². The lowest BCUT2D eigenvalue weighted by molar-refractivity contribution is -0.122. The Morgan fingerprint density at radius 1 is 1.24 bits per heavy atom. The van der Waals surface area contributed by atoms with Gasteiger partial charge in [-0.25, -0.2) is 4.79 Å². The van der Waals surface area contributed by atoms with Crippen LogP contribution in [0.4, 0.5) is 0 Å². The van der Waals surface area contributed by atoms with Gasteiger partial charge < -0.3 is 11.1 Å². The van der Waals surface area contributed by atoms with Gasteiger partial charge in [-0.05, 0) is 12.0 Å². The molecule has 1 atom stereocenters. The van der Waals surface area contributed by atoms with Crippen molar-refractivity contribution in [3.05, 3.63) is 68.5 Å². The van der Waals surface area contributed by atoms with Crippen LogP contribution in [-0.2, 0) is 11.3 Å². The smallest absolute Gasteiger partial charge is 0.328 e. The van der Waals surface area contributed by atoms with Crippen LogP contribution >= 0.6 is 0 Å². The average molecular weight is 344 g/mol. The maximum Gasteiger partial charge on any atom is 0.328 e. The number of hydrogen-bond donors (Lipinski definition) is 3. The van der Waals surface area contributed by atoms with Gasteiger partial charge in [0.2, 0.25) is 5.91 Å². The zero-order valence-corrected chi connectivity index (χ0v) is 13.8. The molecule has 0 saturated carbocycles. The summed E-state index contributed by atoms with van der Waals surface area (Å²) in [5.74, 6) is -1.18. The third kappa shape index (κ3) is 4.66. The van der Waals surface area contributed by atoms with Crippen LogP contribution in [0.1, 0.15) is 41.7 Å². The Bertz CT molecular complexity index is 870. The van der Waals surface area contributed by atoms with Gasteiger partial charge in [-0.1, -0.05) is 37.3 Å². The van der Waals surface area contributed by atoms with E-state index in [2.05, 4.69) is 5.32 Å². The second-order valence-corrected chi connectivity index (χ2v) is 5.55. The number of benzene rings is 1. The molecule has 2 rings (SSSR count). The lowest BCUT2D eigenvalue weighted by Crippen LogP contribution is -2.36. The monoisotopic (exact) mass is 344 g/mol. The van der Waals surface area contributed by atoms with Crippen LogP contribution in [-0.4, -0.2) is 21.4 Å². The van der Waals surface area contributed by atoms with E-state index >= 15 is 0 Å². The highest BCUT2D eigenvalue weighted by atomic mass is 16.2. The zero-order chi connectivity index (χ0) is 18.4. The third-order valence-electron chi connectivity index (χ3n) is 3.80. The van der Waals surface area contributed by atoms with E-state index < -0.39 is 17.2 Å². The Hall–Kier alpha value is -3.16. The van der Waals surface area contributed by atoms with Gasteiger partial charge in [0.1, 0.15) is 5.56 Å². The maximum absolute atomic E-state index is 12.2. The molecule has 8 nitrogen and oxygen atoms in total. The van der Waals surface area contributed by atoms with Crippen molar-refractivity contribution in [3.8, 4) is 0 Å². The molecule has 2 amide bonds. The summed E-state index contributed by atoms with van der Waals surface area (Å²) in [5, 5.41) is 2.90. The normalized spacial score (nSPS) is 11.7. The quantitative estimate of drug-likeness (QED) is 0.667. The Labute approximate surface area is 143 Å². The predicted molar refractivity (Wildman–Crippen MR) is 92.1 cm³/mol. The first-order chi connectivity index (χ1) is 11.9. The lowest BCUT2D eigenvalue weighted by atomic mass is 10.0. The summed E-state index contributed by atoms with van der Waals surface area (Å²) in [6.45, 7) is 1.98. The molecule has 8 heteroatoms. The summed E-state index contributed by atoms with van der Waals surface area (Å²) in [6.07, 6.45) is 1.82. The van der Waals surface area contributed by atoms with Crippen molar-refractivity contribution in [1.82, 2.24) is 14.9 Å². The zero-order valence-electron chi connectivity index (χ0n) is 13.8. The van der Waals surface area contributed by atoms with Crippen LogP contribution in [0.15, 0.2) is 46.1 Å². The van der Waals surface area contributed by atoms with Gasteiger partial charge >= 0.3 is 5.69 Å². The van der Waals surface area contributed by atoms with E-state index in [4.69, 9.17) is 5.73 Å². The number of carbonyl (C=O) groups excluding carboxylic acids is 2. The molecule has 132 valence electrons. The van der Waals surface area contributed by atoms with Crippen molar-refractivity contribution in [2.24, 2.45) is 5.73 Å². The first-order valence-corrected chi connectivity index (χ1v) is 7.90. The Kier molecular flexibility index (Phi) is 5.89. The number of nitrogens with two attached hydrogens (primary N) is 1. The minimum atomic E-state index is -0.936. The molecule has 0 radical (unpaired) electrons. The first-order valence-electron chi connectivity index (χ1n) is 7.90. The molecule has 0 bridgehead atoms. The van der Waals surface area contributed by atoms with Crippen LogP contribution in [0.3, 0.4) is 0 Å². The molecule has 2 aromatic rings. The fourth-order valence-electron chi connectivity index (χ4n) is 2.45. The maximum atomic E-state index is 12.2. The van der Waals surface area contributed by atoms with Crippen LogP contribution in [0.25, 0.3) is 0 Å². The molecule has 25 heavy (non-hydrogen) atoms. The topological polar surface area (TPSA) is 127 Å². The van der Waals surface area contributed by atoms with Gasteiger partial charge in [-0.15, -0.1) is 0 Å². The molecule has 1 heterocycles. The fraction of sp³-hybridized carbons (Fsp3) is 0.294. The number of primary amides is 1. The van der Waals surface area contributed by atoms with Crippen LogP contribution in [0.5, 0.6) is 0 Å². The molecule has 0 aliphatic rings. The summed E-state index contributed by atoms with van der Waals surface area (Å²) in [7, 11) is 0. The van der Waals surface area contributed by atoms with Gasteiger partial charge in [0, 0.05) is 19.2 Å². The number of H-pyrrole nitrogens is 1. The van der Waals surface area contributed by atoms with Crippen molar-refractivity contribution in [2.45, 2.75) is 32.4 Å². The number of amides is 2. The second kappa shape index (κ2) is 8.09. The van der Waals surface area contributed by atoms with E-state index in [0.717, 1.165) is 22.7 Å². The molecule has 0 spiro atoms. The molecule has 4 N–H and O–H groups in total. The van der Waals surface area contributed by atoms with Crippen LogP contribution in [0, 0.1) is 0 Å². The van der Waals surface area contributed by atoms with E-state index in [1.165, 1.54) is 0 Å². The Morgan fingerprint density at radius 3 is 2.52 bits per heavy atom. The number of carbonyl (C=O) groups is 2. The molecule has 1 aromatic heterocycles.